The van der Waals surface area contributed by atoms with Crippen molar-refractivity contribution < 1.29 is 9.59 Å². The van der Waals surface area contributed by atoms with E-state index in [4.69, 9.17) is 0 Å². The Balaban J connectivity index is 0.00000150. The second-order valence-corrected chi connectivity index (χ2v) is 8.21. The summed E-state index contributed by atoms with van der Waals surface area (Å²) >= 11 is 1.61. The average Bonchev–Trinajstić information content (AvgIpc) is 3.14. The van der Waals surface area contributed by atoms with Crippen molar-refractivity contribution in [3.8, 4) is 11.3 Å². The van der Waals surface area contributed by atoms with E-state index in [0.717, 1.165) is 48.7 Å². The van der Waals surface area contributed by atoms with Crippen LogP contribution in [0.2, 0.25) is 0 Å². The molecule has 29 heavy (non-hydrogen) atoms. The maximum Gasteiger partial charge on any atom is 0.253 e. The van der Waals surface area contributed by atoms with Crippen molar-refractivity contribution in [1.82, 2.24) is 20.1 Å². The summed E-state index contributed by atoms with van der Waals surface area (Å²) in [5, 5.41) is 6.14. The second-order valence-electron chi connectivity index (χ2n) is 7.14. The predicted molar refractivity (Wildman–Crippen MR) is 120 cm³/mol. The summed E-state index contributed by atoms with van der Waals surface area (Å²) in [4.78, 5) is 33.7. The first-order valence-electron chi connectivity index (χ1n) is 9.44. The zero-order valence-corrected chi connectivity index (χ0v) is 18.7. The van der Waals surface area contributed by atoms with Gasteiger partial charge in [-0.15, -0.1) is 36.2 Å². The van der Waals surface area contributed by atoms with Gasteiger partial charge in [0.1, 0.15) is 0 Å². The molecule has 1 N–H and O–H groups in total. The van der Waals surface area contributed by atoms with Crippen molar-refractivity contribution in [2.24, 2.45) is 0 Å². The summed E-state index contributed by atoms with van der Waals surface area (Å²) in [5.74, 6) is 0.178. The first-order valence-corrected chi connectivity index (χ1v) is 10.3. The van der Waals surface area contributed by atoms with Gasteiger partial charge >= 0.3 is 0 Å². The number of thiazole rings is 1. The lowest BCUT2D eigenvalue weighted by molar-refractivity contribution is -0.135. The van der Waals surface area contributed by atoms with Crippen LogP contribution in [-0.2, 0) is 4.79 Å². The van der Waals surface area contributed by atoms with Gasteiger partial charge in [-0.25, -0.2) is 4.98 Å². The minimum Gasteiger partial charge on any atom is -0.337 e. The third-order valence-corrected chi connectivity index (χ3v) is 6.05. The molecule has 2 saturated heterocycles. The van der Waals surface area contributed by atoms with Crippen LogP contribution >= 0.6 is 36.2 Å². The Morgan fingerprint density at radius 1 is 1.28 bits per heavy atom. The number of nitrogens with one attached hydrogen (secondary N) is 1. The molecule has 0 aliphatic carbocycles. The van der Waals surface area contributed by atoms with Crippen molar-refractivity contribution in [2.75, 3.05) is 32.7 Å². The molecular weight excluding hydrogens is 431 g/mol. The lowest BCUT2D eigenvalue weighted by atomic mass is 10.0. The Bertz CT molecular complexity index is 861. The number of hydrogen-bond donors (Lipinski definition) is 1. The van der Waals surface area contributed by atoms with Gasteiger partial charge in [0.15, 0.2) is 0 Å². The van der Waals surface area contributed by atoms with E-state index in [-0.39, 0.29) is 42.7 Å². The number of aromatic nitrogens is 1. The molecule has 9 heteroatoms. The zero-order chi connectivity index (χ0) is 18.8. The average molecular weight is 457 g/mol. The lowest BCUT2D eigenvalue weighted by Crippen LogP contribution is -2.57. The summed E-state index contributed by atoms with van der Waals surface area (Å²) in [5.41, 5.74) is 2.57. The van der Waals surface area contributed by atoms with Gasteiger partial charge in [0.2, 0.25) is 5.91 Å². The highest BCUT2D eigenvalue weighted by Crippen LogP contribution is 2.24. The molecule has 6 nitrogen and oxygen atoms in total. The zero-order valence-electron chi connectivity index (χ0n) is 16.3. The summed E-state index contributed by atoms with van der Waals surface area (Å²) in [6.45, 7) is 5.30. The number of carbonyl (C=O) groups excluding carboxylic acids is 2. The van der Waals surface area contributed by atoms with Gasteiger partial charge in [0.25, 0.3) is 5.91 Å². The number of piperidine rings is 1. The second kappa shape index (κ2) is 10.4. The van der Waals surface area contributed by atoms with Gasteiger partial charge in [-0.3, -0.25) is 9.59 Å². The summed E-state index contributed by atoms with van der Waals surface area (Å²) < 4.78 is 0. The van der Waals surface area contributed by atoms with Crippen LogP contribution < -0.4 is 5.32 Å². The number of benzene rings is 1. The van der Waals surface area contributed by atoms with E-state index >= 15 is 0 Å². The Hall–Kier alpha value is -1.67. The van der Waals surface area contributed by atoms with E-state index < -0.39 is 0 Å². The standard InChI is InChI=1S/C20H24N4O2S.2ClH/c1-14-22-18(13-27-14)15-4-2-5-16(10-15)20(26)23-8-3-6-17(12-23)24-9-7-21-11-19(24)25;;/h2,4-5,10,13,17,21H,3,6-9,11-12H2,1H3;2*1H. The number of aryl methyl sites for hydroxylation is 1. The maximum absolute atomic E-state index is 13.1. The SMILES string of the molecule is Cc1nc(-c2cccc(C(=O)N3CCCC(N4CCNCC4=O)C3)c2)cs1.Cl.Cl. The van der Waals surface area contributed by atoms with Crippen molar-refractivity contribution in [1.29, 1.82) is 0 Å². The molecule has 2 aliphatic heterocycles. The number of amides is 2. The van der Waals surface area contributed by atoms with E-state index in [9.17, 15) is 9.59 Å². The first kappa shape index (κ1) is 23.6. The molecule has 0 bridgehead atoms. The number of carbonyl (C=O) groups is 2. The highest BCUT2D eigenvalue weighted by atomic mass is 35.5. The number of nitrogens with zero attached hydrogens (tertiary/aromatic N) is 3. The van der Waals surface area contributed by atoms with Crippen LogP contribution in [0.15, 0.2) is 29.6 Å². The third kappa shape index (κ3) is 5.28. The number of rotatable bonds is 3. The molecule has 158 valence electrons. The molecule has 1 aromatic heterocycles. The molecule has 2 fully saturated rings. The fraction of sp³-hybridized carbons (Fsp3) is 0.450. The number of likely N-dealkylation sites (tertiary alicyclic amines) is 1. The van der Waals surface area contributed by atoms with Crippen LogP contribution in [0.25, 0.3) is 11.3 Å². The Labute approximate surface area is 187 Å². The topological polar surface area (TPSA) is 65.5 Å². The van der Waals surface area contributed by atoms with Gasteiger partial charge in [-0.1, -0.05) is 12.1 Å². The van der Waals surface area contributed by atoms with E-state index in [0.29, 0.717) is 18.7 Å². The summed E-state index contributed by atoms with van der Waals surface area (Å²) in [6.07, 6.45) is 1.90. The van der Waals surface area contributed by atoms with Gasteiger partial charge in [0.05, 0.1) is 17.2 Å². The molecule has 2 aliphatic rings. The fourth-order valence-corrected chi connectivity index (χ4v) is 4.51. The Kier molecular flexibility index (Phi) is 8.46. The highest BCUT2D eigenvalue weighted by Gasteiger charge is 2.32. The molecule has 0 radical (unpaired) electrons. The van der Waals surface area contributed by atoms with Crippen LogP contribution in [-0.4, -0.2) is 65.4 Å². The normalized spacial score (nSPS) is 19.3. The molecule has 0 spiro atoms. The molecular formula is C20H26Cl2N4O2S. The van der Waals surface area contributed by atoms with Gasteiger partial charge in [-0.05, 0) is 31.9 Å². The smallest absolute Gasteiger partial charge is 0.253 e. The van der Waals surface area contributed by atoms with Crippen molar-refractivity contribution in [2.45, 2.75) is 25.8 Å². The fourth-order valence-electron chi connectivity index (χ4n) is 3.89. The van der Waals surface area contributed by atoms with Crippen LogP contribution in [0.5, 0.6) is 0 Å². The van der Waals surface area contributed by atoms with Gasteiger partial charge in [-0.2, -0.15) is 0 Å². The van der Waals surface area contributed by atoms with Crippen LogP contribution in [0, 0.1) is 6.92 Å². The molecule has 4 rings (SSSR count). The van der Waals surface area contributed by atoms with Crippen molar-refractivity contribution in [3.05, 3.63) is 40.2 Å². The summed E-state index contributed by atoms with van der Waals surface area (Å²) in [7, 11) is 0. The van der Waals surface area contributed by atoms with E-state index in [2.05, 4.69) is 10.3 Å². The van der Waals surface area contributed by atoms with Crippen LogP contribution in [0.4, 0.5) is 0 Å². The van der Waals surface area contributed by atoms with Gasteiger partial charge in [0, 0.05) is 48.7 Å². The Morgan fingerprint density at radius 2 is 2.10 bits per heavy atom. The molecule has 1 atom stereocenters. The molecule has 1 unspecified atom stereocenters. The maximum atomic E-state index is 13.1. The monoisotopic (exact) mass is 456 g/mol. The molecule has 0 saturated carbocycles. The van der Waals surface area contributed by atoms with E-state index in [1.807, 2.05) is 46.4 Å². The van der Waals surface area contributed by atoms with Crippen molar-refractivity contribution >= 4 is 48.0 Å². The number of piperazine rings is 1. The minimum atomic E-state index is 0. The van der Waals surface area contributed by atoms with Crippen LogP contribution in [0.3, 0.4) is 0 Å². The van der Waals surface area contributed by atoms with Crippen molar-refractivity contribution in [3.63, 3.8) is 0 Å². The summed E-state index contributed by atoms with van der Waals surface area (Å²) in [6, 6.07) is 7.82. The highest BCUT2D eigenvalue weighted by molar-refractivity contribution is 7.09. The third-order valence-electron chi connectivity index (χ3n) is 5.27. The molecule has 2 amide bonds. The quantitative estimate of drug-likeness (QED) is 0.770. The van der Waals surface area contributed by atoms with Crippen LogP contribution in [0.1, 0.15) is 28.2 Å². The van der Waals surface area contributed by atoms with Gasteiger partial charge < -0.3 is 15.1 Å². The first-order chi connectivity index (χ1) is 13.1. The Morgan fingerprint density at radius 3 is 2.83 bits per heavy atom. The number of halogens is 2. The number of hydrogen-bond acceptors (Lipinski definition) is 5. The molecule has 1 aromatic carbocycles. The lowest BCUT2D eigenvalue weighted by Gasteiger charge is -2.41. The predicted octanol–water partition coefficient (Wildman–Crippen LogP) is 3.00. The van der Waals surface area contributed by atoms with E-state index in [1.165, 1.54) is 0 Å². The molecule has 3 heterocycles. The largest absolute Gasteiger partial charge is 0.337 e. The van der Waals surface area contributed by atoms with E-state index in [1.54, 1.807) is 11.3 Å². The molecule has 2 aromatic rings. The minimum absolute atomic E-state index is 0.